The molecule has 0 aliphatic rings. The molecule has 1 aromatic carbocycles. The number of rotatable bonds is 3. The van der Waals surface area contributed by atoms with Gasteiger partial charge in [-0.2, -0.15) is 0 Å². The first kappa shape index (κ1) is 11.6. The van der Waals surface area contributed by atoms with Crippen LogP contribution in [0.3, 0.4) is 0 Å². The van der Waals surface area contributed by atoms with Gasteiger partial charge in [-0.1, -0.05) is 29.3 Å². The fourth-order valence-electron chi connectivity index (χ4n) is 1.96. The smallest absolute Gasteiger partial charge is 0.126 e. The molecule has 0 fully saturated rings. The molecule has 1 heterocycles. The predicted octanol–water partition coefficient (Wildman–Crippen LogP) is 3.14. The van der Waals surface area contributed by atoms with Gasteiger partial charge < -0.3 is 10.3 Å². The lowest BCUT2D eigenvalue weighted by atomic mass is 10.2. The zero-order valence-electron chi connectivity index (χ0n) is 9.57. The second kappa shape index (κ2) is 4.55. The molecule has 3 nitrogen and oxygen atoms in total. The fourth-order valence-corrected chi connectivity index (χ4v) is 2.31. The van der Waals surface area contributed by atoms with Crippen LogP contribution in [0.4, 0.5) is 0 Å². The van der Waals surface area contributed by atoms with Crippen molar-refractivity contribution in [2.75, 3.05) is 0 Å². The van der Waals surface area contributed by atoms with Gasteiger partial charge in [-0.25, -0.2) is 4.98 Å². The van der Waals surface area contributed by atoms with E-state index in [0.29, 0.717) is 0 Å². The van der Waals surface area contributed by atoms with Crippen LogP contribution in [-0.2, 0) is 7.05 Å². The Morgan fingerprint density at radius 3 is 2.94 bits per heavy atom. The molecule has 0 saturated carbocycles. The van der Waals surface area contributed by atoms with Crippen molar-refractivity contribution in [2.45, 2.75) is 25.8 Å². The van der Waals surface area contributed by atoms with E-state index in [9.17, 15) is 0 Å². The minimum Gasteiger partial charge on any atom is -0.330 e. The van der Waals surface area contributed by atoms with Gasteiger partial charge in [0.2, 0.25) is 0 Å². The van der Waals surface area contributed by atoms with Crippen LogP contribution in [0, 0.1) is 0 Å². The molecule has 86 valence electrons. The normalized spacial score (nSPS) is 13.2. The topological polar surface area (TPSA) is 43.8 Å². The average molecular weight is 282 g/mol. The Morgan fingerprint density at radius 1 is 1.50 bits per heavy atom. The van der Waals surface area contributed by atoms with Gasteiger partial charge in [0.25, 0.3) is 0 Å². The number of halogens is 1. The maximum atomic E-state index is 6.11. The second-order valence-corrected chi connectivity index (χ2v) is 4.97. The fraction of sp³-hybridized carbons (Fsp3) is 0.417. The summed E-state index contributed by atoms with van der Waals surface area (Å²) in [5.74, 6) is 0.968. The monoisotopic (exact) mass is 281 g/mol. The number of aromatic nitrogens is 2. The number of nitrogens with zero attached hydrogens (tertiary/aromatic N) is 2. The number of nitrogens with two attached hydrogens (primary N) is 1. The first-order valence-corrected chi connectivity index (χ1v) is 6.30. The van der Waals surface area contributed by atoms with E-state index in [1.807, 2.05) is 19.2 Å². The molecule has 0 radical (unpaired) electrons. The van der Waals surface area contributed by atoms with E-state index in [1.54, 1.807) is 0 Å². The number of aryl methyl sites for hydroxylation is 1. The zero-order chi connectivity index (χ0) is 11.7. The maximum absolute atomic E-state index is 6.11. The number of hydrogen-bond acceptors (Lipinski definition) is 2. The van der Waals surface area contributed by atoms with E-state index in [1.165, 1.54) is 0 Å². The van der Waals surface area contributed by atoms with Gasteiger partial charge in [-0.05, 0) is 24.6 Å². The molecule has 2 N–H and O–H groups in total. The van der Waals surface area contributed by atoms with Crippen molar-refractivity contribution in [3.63, 3.8) is 0 Å². The number of hydrogen-bond donors (Lipinski definition) is 1. The van der Waals surface area contributed by atoms with Crippen LogP contribution in [0.2, 0.25) is 0 Å². The van der Waals surface area contributed by atoms with Crippen molar-refractivity contribution in [2.24, 2.45) is 12.8 Å². The van der Waals surface area contributed by atoms with Crippen LogP contribution < -0.4 is 5.73 Å². The summed E-state index contributed by atoms with van der Waals surface area (Å²) in [4.78, 5) is 4.60. The highest BCUT2D eigenvalue weighted by molar-refractivity contribution is 9.10. The molecular formula is C12H16BrN3. The van der Waals surface area contributed by atoms with E-state index in [0.717, 1.165) is 34.2 Å². The highest BCUT2D eigenvalue weighted by Gasteiger charge is 2.13. The molecule has 2 rings (SSSR count). The van der Waals surface area contributed by atoms with Crippen LogP contribution >= 0.6 is 15.9 Å². The molecule has 0 bridgehead atoms. The quantitative estimate of drug-likeness (QED) is 0.939. The standard InChI is InChI=1S/C12H16BrN3/c1-3-4-9(14)12-15-10-7-8(13)5-6-11(10)16(12)2/h5-7,9H,3-4,14H2,1-2H3. The van der Waals surface area contributed by atoms with Crippen molar-refractivity contribution >= 4 is 27.0 Å². The zero-order valence-corrected chi connectivity index (χ0v) is 11.2. The highest BCUT2D eigenvalue weighted by atomic mass is 79.9. The van der Waals surface area contributed by atoms with Crippen molar-refractivity contribution in [1.29, 1.82) is 0 Å². The first-order valence-electron chi connectivity index (χ1n) is 5.51. The Kier molecular flexibility index (Phi) is 3.30. The third-order valence-electron chi connectivity index (χ3n) is 2.81. The number of fused-ring (bicyclic) bond motifs is 1. The van der Waals surface area contributed by atoms with E-state index < -0.39 is 0 Å². The van der Waals surface area contributed by atoms with Crippen molar-refractivity contribution in [3.05, 3.63) is 28.5 Å². The van der Waals surface area contributed by atoms with Gasteiger partial charge in [0.05, 0.1) is 17.1 Å². The van der Waals surface area contributed by atoms with Gasteiger partial charge in [0.15, 0.2) is 0 Å². The Balaban J connectivity index is 2.51. The van der Waals surface area contributed by atoms with E-state index in [4.69, 9.17) is 5.73 Å². The van der Waals surface area contributed by atoms with Crippen LogP contribution in [0.5, 0.6) is 0 Å². The van der Waals surface area contributed by atoms with Crippen LogP contribution in [0.25, 0.3) is 11.0 Å². The molecule has 1 atom stereocenters. The van der Waals surface area contributed by atoms with Gasteiger partial charge in [0, 0.05) is 11.5 Å². The molecule has 0 spiro atoms. The third kappa shape index (κ3) is 1.99. The maximum Gasteiger partial charge on any atom is 0.126 e. The van der Waals surface area contributed by atoms with Crippen molar-refractivity contribution in [3.8, 4) is 0 Å². The molecular weight excluding hydrogens is 266 g/mol. The Morgan fingerprint density at radius 2 is 2.25 bits per heavy atom. The Hall–Kier alpha value is -0.870. The summed E-state index contributed by atoms with van der Waals surface area (Å²) in [6.07, 6.45) is 2.05. The Bertz CT molecular complexity index is 504. The highest BCUT2D eigenvalue weighted by Crippen LogP contribution is 2.23. The molecule has 0 aliphatic heterocycles. The lowest BCUT2D eigenvalue weighted by molar-refractivity contribution is 0.584. The summed E-state index contributed by atoms with van der Waals surface area (Å²) >= 11 is 3.45. The average Bonchev–Trinajstić information content (AvgIpc) is 2.56. The summed E-state index contributed by atoms with van der Waals surface area (Å²) in [5, 5.41) is 0. The molecule has 0 amide bonds. The van der Waals surface area contributed by atoms with Crippen LogP contribution in [-0.4, -0.2) is 9.55 Å². The van der Waals surface area contributed by atoms with Crippen LogP contribution in [0.1, 0.15) is 31.6 Å². The first-order chi connectivity index (χ1) is 7.63. The second-order valence-electron chi connectivity index (χ2n) is 4.06. The minimum atomic E-state index is 0.0289. The molecule has 1 unspecified atom stereocenters. The number of benzene rings is 1. The summed E-state index contributed by atoms with van der Waals surface area (Å²) in [7, 11) is 2.02. The van der Waals surface area contributed by atoms with Gasteiger partial charge in [-0.3, -0.25) is 0 Å². The minimum absolute atomic E-state index is 0.0289. The van der Waals surface area contributed by atoms with E-state index in [2.05, 4.69) is 38.5 Å². The van der Waals surface area contributed by atoms with E-state index >= 15 is 0 Å². The van der Waals surface area contributed by atoms with Gasteiger partial charge >= 0.3 is 0 Å². The number of imidazole rings is 1. The SMILES string of the molecule is CCCC(N)c1nc2cc(Br)ccc2n1C. The Labute approximate surface area is 104 Å². The summed E-state index contributed by atoms with van der Waals surface area (Å²) in [5.41, 5.74) is 8.24. The third-order valence-corrected chi connectivity index (χ3v) is 3.30. The largest absolute Gasteiger partial charge is 0.330 e. The van der Waals surface area contributed by atoms with Crippen LogP contribution in [0.15, 0.2) is 22.7 Å². The molecule has 4 heteroatoms. The lowest BCUT2D eigenvalue weighted by Crippen LogP contribution is -2.14. The van der Waals surface area contributed by atoms with Gasteiger partial charge in [-0.15, -0.1) is 0 Å². The molecule has 2 aromatic rings. The lowest BCUT2D eigenvalue weighted by Gasteiger charge is -2.09. The molecule has 0 aliphatic carbocycles. The molecule has 1 aromatic heterocycles. The van der Waals surface area contributed by atoms with E-state index in [-0.39, 0.29) is 6.04 Å². The summed E-state index contributed by atoms with van der Waals surface area (Å²) in [6.45, 7) is 2.14. The van der Waals surface area contributed by atoms with Crippen molar-refractivity contribution in [1.82, 2.24) is 9.55 Å². The molecule has 0 saturated heterocycles. The summed E-state index contributed by atoms with van der Waals surface area (Å²) in [6, 6.07) is 6.15. The van der Waals surface area contributed by atoms with Gasteiger partial charge in [0.1, 0.15) is 5.82 Å². The van der Waals surface area contributed by atoms with Crippen molar-refractivity contribution < 1.29 is 0 Å². The molecule has 16 heavy (non-hydrogen) atoms. The predicted molar refractivity (Wildman–Crippen MR) is 70.3 cm³/mol. The summed E-state index contributed by atoms with van der Waals surface area (Å²) < 4.78 is 3.14.